The maximum absolute atomic E-state index is 11.5. The van der Waals surface area contributed by atoms with Crippen LogP contribution in [-0.2, 0) is 24.2 Å². The van der Waals surface area contributed by atoms with E-state index in [2.05, 4.69) is 6.07 Å². The van der Waals surface area contributed by atoms with Crippen LogP contribution in [0.15, 0.2) is 42.5 Å². The number of carbonyl (C=O) groups is 1. The zero-order valence-electron chi connectivity index (χ0n) is 12.1. The van der Waals surface area contributed by atoms with Crippen LogP contribution in [0.2, 0.25) is 0 Å². The van der Waals surface area contributed by atoms with E-state index in [1.54, 1.807) is 7.11 Å². The summed E-state index contributed by atoms with van der Waals surface area (Å²) in [5.41, 5.74) is 3.61. The third kappa shape index (κ3) is 3.07. The molecular formula is C18H18O3. The number of carbonyl (C=O) groups excluding carboxylic acids is 1. The minimum Gasteiger partial charge on any atom is -0.497 e. The van der Waals surface area contributed by atoms with Crippen molar-refractivity contribution in [1.29, 1.82) is 0 Å². The lowest BCUT2D eigenvalue weighted by molar-refractivity contribution is -0.118. The smallest absolute Gasteiger partial charge is 0.137 e. The summed E-state index contributed by atoms with van der Waals surface area (Å²) >= 11 is 0. The van der Waals surface area contributed by atoms with Crippen LogP contribution >= 0.6 is 0 Å². The van der Waals surface area contributed by atoms with Gasteiger partial charge in [0.05, 0.1) is 7.11 Å². The number of methoxy groups -OCH3 is 1. The van der Waals surface area contributed by atoms with Gasteiger partial charge in [-0.1, -0.05) is 18.2 Å². The molecule has 0 aliphatic heterocycles. The van der Waals surface area contributed by atoms with Crippen molar-refractivity contribution in [2.45, 2.75) is 25.9 Å². The molecule has 0 saturated heterocycles. The fourth-order valence-corrected chi connectivity index (χ4v) is 2.71. The van der Waals surface area contributed by atoms with E-state index in [-0.39, 0.29) is 0 Å². The van der Waals surface area contributed by atoms with Gasteiger partial charge in [0.25, 0.3) is 0 Å². The van der Waals surface area contributed by atoms with E-state index in [1.807, 2.05) is 36.4 Å². The normalized spacial score (nSPS) is 13.7. The summed E-state index contributed by atoms with van der Waals surface area (Å²) in [7, 11) is 1.65. The first-order valence-electron chi connectivity index (χ1n) is 7.14. The first kappa shape index (κ1) is 13.7. The third-order valence-electron chi connectivity index (χ3n) is 3.87. The molecule has 2 aromatic rings. The Labute approximate surface area is 124 Å². The van der Waals surface area contributed by atoms with Gasteiger partial charge >= 0.3 is 0 Å². The fourth-order valence-electron chi connectivity index (χ4n) is 2.71. The van der Waals surface area contributed by atoms with Crippen molar-refractivity contribution in [2.75, 3.05) is 7.11 Å². The quantitative estimate of drug-likeness (QED) is 0.863. The van der Waals surface area contributed by atoms with Crippen molar-refractivity contribution in [3.05, 3.63) is 59.2 Å². The lowest BCUT2D eigenvalue weighted by Gasteiger charge is -2.19. The van der Waals surface area contributed by atoms with Crippen LogP contribution in [0.4, 0.5) is 0 Å². The van der Waals surface area contributed by atoms with Gasteiger partial charge in [-0.05, 0) is 47.4 Å². The highest BCUT2D eigenvalue weighted by Crippen LogP contribution is 2.25. The highest BCUT2D eigenvalue weighted by Gasteiger charge is 2.18. The number of rotatable bonds is 4. The first-order chi connectivity index (χ1) is 10.3. The number of hydrogen-bond donors (Lipinski definition) is 0. The van der Waals surface area contributed by atoms with E-state index in [4.69, 9.17) is 9.47 Å². The van der Waals surface area contributed by atoms with Crippen LogP contribution in [0.25, 0.3) is 0 Å². The van der Waals surface area contributed by atoms with Crippen LogP contribution < -0.4 is 9.47 Å². The molecule has 3 nitrogen and oxygen atoms in total. The Morgan fingerprint density at radius 2 is 1.76 bits per heavy atom. The van der Waals surface area contributed by atoms with Crippen LogP contribution in [-0.4, -0.2) is 12.9 Å². The van der Waals surface area contributed by atoms with Gasteiger partial charge in [0.15, 0.2) is 0 Å². The molecule has 1 aliphatic rings. The van der Waals surface area contributed by atoms with Crippen LogP contribution in [0.1, 0.15) is 23.1 Å². The average molecular weight is 282 g/mol. The molecule has 1 aliphatic carbocycles. The summed E-state index contributed by atoms with van der Waals surface area (Å²) < 4.78 is 11.0. The van der Waals surface area contributed by atoms with Gasteiger partial charge in [-0.2, -0.15) is 0 Å². The summed E-state index contributed by atoms with van der Waals surface area (Å²) in [5.74, 6) is 1.97. The van der Waals surface area contributed by atoms with Crippen LogP contribution in [0.3, 0.4) is 0 Å². The molecule has 108 valence electrons. The Hall–Kier alpha value is -2.29. The van der Waals surface area contributed by atoms with Gasteiger partial charge in [0.2, 0.25) is 0 Å². The van der Waals surface area contributed by atoms with Gasteiger partial charge in [-0.25, -0.2) is 0 Å². The molecule has 3 rings (SSSR count). The maximum Gasteiger partial charge on any atom is 0.137 e. The largest absolute Gasteiger partial charge is 0.497 e. The van der Waals surface area contributed by atoms with E-state index in [9.17, 15) is 4.79 Å². The number of hydrogen-bond acceptors (Lipinski definition) is 3. The summed E-state index contributed by atoms with van der Waals surface area (Å²) in [5, 5.41) is 0. The highest BCUT2D eigenvalue weighted by molar-refractivity contribution is 5.83. The summed E-state index contributed by atoms with van der Waals surface area (Å²) in [6.07, 6.45) is 2.04. The molecule has 0 amide bonds. The monoisotopic (exact) mass is 282 g/mol. The standard InChI is InChI=1S/C18H18O3/c1-20-16-6-8-17(9-7-16)21-12-14-4-2-3-13-11-15(19)5-10-18(13)14/h2-4,6-9H,5,10-12H2,1H3. The summed E-state index contributed by atoms with van der Waals surface area (Å²) in [4.78, 5) is 11.5. The molecule has 0 unspecified atom stereocenters. The molecule has 3 heteroatoms. The lowest BCUT2D eigenvalue weighted by atomic mass is 9.88. The SMILES string of the molecule is COc1ccc(OCc2cccc3c2CCC(=O)C3)cc1. The van der Waals surface area contributed by atoms with Crippen LogP contribution in [0.5, 0.6) is 11.5 Å². The summed E-state index contributed by atoms with van der Waals surface area (Å²) in [6.45, 7) is 0.531. The predicted octanol–water partition coefficient (Wildman–Crippen LogP) is 3.33. The Kier molecular flexibility index (Phi) is 3.91. The second-order valence-electron chi connectivity index (χ2n) is 5.23. The average Bonchev–Trinajstić information content (AvgIpc) is 2.53. The van der Waals surface area contributed by atoms with Crippen molar-refractivity contribution in [1.82, 2.24) is 0 Å². The molecule has 0 spiro atoms. The maximum atomic E-state index is 11.5. The van der Waals surface area contributed by atoms with Gasteiger partial charge in [0.1, 0.15) is 23.9 Å². The first-order valence-corrected chi connectivity index (χ1v) is 7.14. The lowest BCUT2D eigenvalue weighted by Crippen LogP contribution is -2.15. The van der Waals surface area contributed by atoms with Crippen molar-refractivity contribution >= 4 is 5.78 Å². The second kappa shape index (κ2) is 6.00. The summed E-state index contributed by atoms with van der Waals surface area (Å²) in [6, 6.07) is 13.7. The topological polar surface area (TPSA) is 35.5 Å². The van der Waals surface area contributed by atoms with Crippen LogP contribution in [0, 0.1) is 0 Å². The van der Waals surface area contributed by atoms with E-state index in [0.717, 1.165) is 23.5 Å². The van der Waals surface area contributed by atoms with Crippen molar-refractivity contribution in [2.24, 2.45) is 0 Å². The Morgan fingerprint density at radius 1 is 1.00 bits per heavy atom. The van der Waals surface area contributed by atoms with Crippen molar-refractivity contribution in [3.63, 3.8) is 0 Å². The minimum atomic E-state index is 0.329. The predicted molar refractivity (Wildman–Crippen MR) is 80.8 cm³/mol. The van der Waals surface area contributed by atoms with Crippen molar-refractivity contribution in [3.8, 4) is 11.5 Å². The van der Waals surface area contributed by atoms with E-state index in [1.165, 1.54) is 11.1 Å². The van der Waals surface area contributed by atoms with Gasteiger partial charge < -0.3 is 9.47 Å². The second-order valence-corrected chi connectivity index (χ2v) is 5.23. The zero-order chi connectivity index (χ0) is 14.7. The van der Waals surface area contributed by atoms with E-state index < -0.39 is 0 Å². The van der Waals surface area contributed by atoms with Gasteiger partial charge in [0, 0.05) is 12.8 Å². The fraction of sp³-hybridized carbons (Fsp3) is 0.278. The molecule has 0 heterocycles. The van der Waals surface area contributed by atoms with Crippen molar-refractivity contribution < 1.29 is 14.3 Å². The number of Topliss-reactive ketones (excluding diaryl/α,β-unsaturated/α-hetero) is 1. The molecule has 0 radical (unpaired) electrons. The van der Waals surface area contributed by atoms with E-state index in [0.29, 0.717) is 25.2 Å². The minimum absolute atomic E-state index is 0.329. The number of ketones is 1. The Morgan fingerprint density at radius 3 is 2.52 bits per heavy atom. The Bertz CT molecular complexity index is 644. The molecule has 0 saturated carbocycles. The molecule has 0 N–H and O–H groups in total. The molecule has 0 atom stereocenters. The number of benzene rings is 2. The molecule has 21 heavy (non-hydrogen) atoms. The molecular weight excluding hydrogens is 264 g/mol. The zero-order valence-corrected chi connectivity index (χ0v) is 12.1. The number of ether oxygens (including phenoxy) is 2. The molecule has 0 bridgehead atoms. The van der Waals surface area contributed by atoms with Gasteiger partial charge in [-0.3, -0.25) is 4.79 Å². The van der Waals surface area contributed by atoms with Gasteiger partial charge in [-0.15, -0.1) is 0 Å². The van der Waals surface area contributed by atoms with E-state index >= 15 is 0 Å². The Balaban J connectivity index is 1.73. The molecule has 0 fully saturated rings. The third-order valence-corrected chi connectivity index (χ3v) is 3.87. The molecule has 2 aromatic carbocycles. The molecule has 0 aromatic heterocycles. The number of fused-ring (bicyclic) bond motifs is 1. The highest BCUT2D eigenvalue weighted by atomic mass is 16.5.